The van der Waals surface area contributed by atoms with Crippen LogP contribution in [0.25, 0.3) is 11.4 Å². The average molecular weight is 400 g/mol. The van der Waals surface area contributed by atoms with E-state index in [0.717, 1.165) is 17.0 Å². The average Bonchev–Trinajstić information content (AvgIpc) is 3.09. The van der Waals surface area contributed by atoms with Crippen molar-refractivity contribution in [1.29, 1.82) is 0 Å². The first-order valence-electron chi connectivity index (χ1n) is 8.78. The van der Waals surface area contributed by atoms with E-state index in [-0.39, 0.29) is 17.4 Å². The molecule has 0 atom stereocenters. The van der Waals surface area contributed by atoms with Gasteiger partial charge in [0, 0.05) is 23.9 Å². The SMILES string of the molecule is CCn1c(SCC(=O)Nc2ccc(OC)c(F)c2)nnc1-c1cccc(C)c1. The predicted octanol–water partition coefficient (Wildman–Crippen LogP) is 4.15. The number of methoxy groups -OCH3 is 1. The van der Waals surface area contributed by atoms with Crippen molar-refractivity contribution in [3.8, 4) is 17.1 Å². The molecule has 2 aromatic carbocycles. The second-order valence-electron chi connectivity index (χ2n) is 6.11. The van der Waals surface area contributed by atoms with Crippen LogP contribution in [0.5, 0.6) is 5.75 Å². The maximum absolute atomic E-state index is 13.7. The van der Waals surface area contributed by atoms with Crippen LogP contribution in [0.3, 0.4) is 0 Å². The Morgan fingerprint density at radius 1 is 1.25 bits per heavy atom. The molecule has 28 heavy (non-hydrogen) atoms. The van der Waals surface area contributed by atoms with Gasteiger partial charge in [-0.2, -0.15) is 0 Å². The summed E-state index contributed by atoms with van der Waals surface area (Å²) < 4.78 is 20.6. The van der Waals surface area contributed by atoms with Crippen LogP contribution in [0.4, 0.5) is 10.1 Å². The summed E-state index contributed by atoms with van der Waals surface area (Å²) in [5.74, 6) is 0.261. The summed E-state index contributed by atoms with van der Waals surface area (Å²) in [7, 11) is 1.39. The number of hydrogen-bond acceptors (Lipinski definition) is 5. The summed E-state index contributed by atoms with van der Waals surface area (Å²) in [6.07, 6.45) is 0. The van der Waals surface area contributed by atoms with E-state index in [0.29, 0.717) is 17.4 Å². The minimum atomic E-state index is -0.526. The molecule has 1 heterocycles. The number of nitrogens with zero attached hydrogens (tertiary/aromatic N) is 3. The van der Waals surface area contributed by atoms with Crippen LogP contribution in [-0.2, 0) is 11.3 Å². The third-order valence-corrected chi connectivity index (χ3v) is 5.04. The highest BCUT2D eigenvalue weighted by Crippen LogP contribution is 2.25. The third kappa shape index (κ3) is 4.51. The number of carbonyl (C=O) groups excluding carboxylic acids is 1. The lowest BCUT2D eigenvalue weighted by molar-refractivity contribution is -0.113. The van der Waals surface area contributed by atoms with Crippen molar-refractivity contribution in [3.63, 3.8) is 0 Å². The van der Waals surface area contributed by atoms with Gasteiger partial charge in [0.2, 0.25) is 5.91 Å². The molecular weight excluding hydrogens is 379 g/mol. The van der Waals surface area contributed by atoms with Crippen LogP contribution in [0.1, 0.15) is 12.5 Å². The smallest absolute Gasteiger partial charge is 0.234 e. The molecule has 3 aromatic rings. The molecule has 1 amide bonds. The van der Waals surface area contributed by atoms with Gasteiger partial charge in [0.05, 0.1) is 12.9 Å². The lowest BCUT2D eigenvalue weighted by Crippen LogP contribution is -2.14. The minimum Gasteiger partial charge on any atom is -0.494 e. The van der Waals surface area contributed by atoms with Gasteiger partial charge in [-0.1, -0.05) is 35.5 Å². The fourth-order valence-electron chi connectivity index (χ4n) is 2.75. The highest BCUT2D eigenvalue weighted by molar-refractivity contribution is 7.99. The van der Waals surface area contributed by atoms with Gasteiger partial charge in [-0.05, 0) is 32.0 Å². The molecule has 3 rings (SSSR count). The van der Waals surface area contributed by atoms with Crippen molar-refractivity contribution in [2.75, 3.05) is 18.2 Å². The maximum Gasteiger partial charge on any atom is 0.234 e. The van der Waals surface area contributed by atoms with E-state index in [2.05, 4.69) is 21.6 Å². The van der Waals surface area contributed by atoms with Crippen molar-refractivity contribution in [3.05, 3.63) is 53.8 Å². The summed E-state index contributed by atoms with van der Waals surface area (Å²) in [5, 5.41) is 11.9. The van der Waals surface area contributed by atoms with Crippen molar-refractivity contribution in [2.24, 2.45) is 0 Å². The Hall–Kier alpha value is -2.87. The molecule has 146 valence electrons. The molecule has 8 heteroatoms. The molecular formula is C20H21FN4O2S. The molecule has 0 radical (unpaired) electrons. The van der Waals surface area contributed by atoms with E-state index in [1.165, 1.54) is 31.0 Å². The van der Waals surface area contributed by atoms with Crippen molar-refractivity contribution in [1.82, 2.24) is 14.8 Å². The molecule has 0 spiro atoms. The Bertz CT molecular complexity index is 990. The fraction of sp³-hybridized carbons (Fsp3) is 0.250. The lowest BCUT2D eigenvalue weighted by Gasteiger charge is -2.09. The molecule has 0 aliphatic rings. The minimum absolute atomic E-state index is 0.132. The Morgan fingerprint density at radius 2 is 2.07 bits per heavy atom. The highest BCUT2D eigenvalue weighted by atomic mass is 32.2. The molecule has 6 nitrogen and oxygen atoms in total. The zero-order chi connectivity index (χ0) is 20.1. The van der Waals surface area contributed by atoms with E-state index >= 15 is 0 Å². The second-order valence-corrected chi connectivity index (χ2v) is 7.05. The number of nitrogens with one attached hydrogen (secondary N) is 1. The number of carbonyl (C=O) groups is 1. The van der Waals surface area contributed by atoms with E-state index in [1.807, 2.05) is 36.6 Å². The number of rotatable bonds is 7. The van der Waals surface area contributed by atoms with Gasteiger partial charge in [0.25, 0.3) is 0 Å². The molecule has 1 N–H and O–H groups in total. The van der Waals surface area contributed by atoms with E-state index in [9.17, 15) is 9.18 Å². The normalized spacial score (nSPS) is 10.7. The molecule has 0 bridgehead atoms. The number of anilines is 1. The quantitative estimate of drug-likeness (QED) is 0.604. The zero-order valence-corrected chi connectivity index (χ0v) is 16.7. The summed E-state index contributed by atoms with van der Waals surface area (Å²) in [5.41, 5.74) is 2.50. The predicted molar refractivity (Wildman–Crippen MR) is 108 cm³/mol. The number of benzene rings is 2. The first-order valence-corrected chi connectivity index (χ1v) is 9.76. The summed E-state index contributed by atoms with van der Waals surface area (Å²) >= 11 is 1.29. The van der Waals surface area contributed by atoms with Crippen LogP contribution >= 0.6 is 11.8 Å². The van der Waals surface area contributed by atoms with Gasteiger partial charge in [0.1, 0.15) is 0 Å². The van der Waals surface area contributed by atoms with Crippen LogP contribution in [0.2, 0.25) is 0 Å². The van der Waals surface area contributed by atoms with E-state index in [4.69, 9.17) is 4.74 Å². The molecule has 0 aliphatic heterocycles. The van der Waals surface area contributed by atoms with E-state index in [1.54, 1.807) is 6.07 Å². The summed E-state index contributed by atoms with van der Waals surface area (Å²) in [6.45, 7) is 4.72. The Kier molecular flexibility index (Phi) is 6.30. The molecule has 1 aromatic heterocycles. The molecule has 0 unspecified atom stereocenters. The topological polar surface area (TPSA) is 69.0 Å². The lowest BCUT2D eigenvalue weighted by atomic mass is 10.1. The number of thioether (sulfide) groups is 1. The van der Waals surface area contributed by atoms with Gasteiger partial charge in [-0.15, -0.1) is 10.2 Å². The second kappa shape index (κ2) is 8.88. The Balaban J connectivity index is 1.67. The van der Waals surface area contributed by atoms with Crippen molar-refractivity contribution >= 4 is 23.4 Å². The van der Waals surface area contributed by atoms with Gasteiger partial charge >= 0.3 is 0 Å². The van der Waals surface area contributed by atoms with Crippen LogP contribution in [0.15, 0.2) is 47.6 Å². The van der Waals surface area contributed by atoms with Gasteiger partial charge < -0.3 is 14.6 Å². The van der Waals surface area contributed by atoms with Crippen molar-refractivity contribution < 1.29 is 13.9 Å². The number of halogens is 1. The third-order valence-electron chi connectivity index (χ3n) is 4.08. The van der Waals surface area contributed by atoms with E-state index < -0.39 is 5.82 Å². The van der Waals surface area contributed by atoms with Crippen LogP contribution in [-0.4, -0.2) is 33.5 Å². The summed E-state index contributed by atoms with van der Waals surface area (Å²) in [6, 6.07) is 12.3. The standard InChI is InChI=1S/C20H21FN4O2S/c1-4-25-19(14-7-5-6-13(2)10-14)23-24-20(25)28-12-18(26)22-15-8-9-17(27-3)16(21)11-15/h5-11H,4,12H2,1-3H3,(H,22,26). The van der Waals surface area contributed by atoms with Crippen molar-refractivity contribution in [2.45, 2.75) is 25.5 Å². The summed E-state index contributed by atoms with van der Waals surface area (Å²) in [4.78, 5) is 12.2. The maximum atomic E-state index is 13.7. The molecule has 0 saturated carbocycles. The molecule has 0 aliphatic carbocycles. The first-order chi connectivity index (χ1) is 13.5. The number of ether oxygens (including phenoxy) is 1. The fourth-order valence-corrected chi connectivity index (χ4v) is 3.55. The number of amides is 1. The Labute approximate surface area is 167 Å². The largest absolute Gasteiger partial charge is 0.494 e. The highest BCUT2D eigenvalue weighted by Gasteiger charge is 2.15. The molecule has 0 fully saturated rings. The number of aromatic nitrogens is 3. The van der Waals surface area contributed by atoms with Gasteiger partial charge in [-0.3, -0.25) is 4.79 Å². The first kappa shape index (κ1) is 19.9. The van der Waals surface area contributed by atoms with Crippen LogP contribution in [0, 0.1) is 12.7 Å². The number of aryl methyl sites for hydroxylation is 1. The zero-order valence-electron chi connectivity index (χ0n) is 15.9. The number of hydrogen-bond donors (Lipinski definition) is 1. The van der Waals surface area contributed by atoms with Crippen LogP contribution < -0.4 is 10.1 Å². The Morgan fingerprint density at radius 3 is 2.75 bits per heavy atom. The van der Waals surface area contributed by atoms with Gasteiger partial charge in [-0.25, -0.2) is 4.39 Å². The van der Waals surface area contributed by atoms with Gasteiger partial charge in [0.15, 0.2) is 22.5 Å². The molecule has 0 saturated heterocycles. The monoisotopic (exact) mass is 400 g/mol.